The van der Waals surface area contributed by atoms with Crippen LogP contribution in [0.5, 0.6) is 0 Å². The number of fused-ring (bicyclic) bond motifs is 2. The summed E-state index contributed by atoms with van der Waals surface area (Å²) in [5.41, 5.74) is 0.206. The van der Waals surface area contributed by atoms with E-state index < -0.39 is 28.5 Å². The van der Waals surface area contributed by atoms with Gasteiger partial charge in [-0.15, -0.1) is 4.28 Å². The summed E-state index contributed by atoms with van der Waals surface area (Å²) in [6.45, 7) is 0.205. The van der Waals surface area contributed by atoms with Crippen molar-refractivity contribution in [2.24, 2.45) is 0 Å². The Morgan fingerprint density at radius 1 is 1.50 bits per heavy atom. The van der Waals surface area contributed by atoms with Crippen molar-refractivity contribution in [2.45, 2.75) is 12.1 Å². The maximum Gasteiger partial charge on any atom is 0.418 e. The third kappa shape index (κ3) is 3.06. The summed E-state index contributed by atoms with van der Waals surface area (Å²) >= 11 is 0. The van der Waals surface area contributed by atoms with E-state index in [0.29, 0.717) is 5.06 Å². The number of rotatable bonds is 5. The first-order valence-electron chi connectivity index (χ1n) is 6.35. The second-order valence-corrected chi connectivity index (χ2v) is 6.13. The molecule has 0 aromatic rings. The molecule has 10 nitrogen and oxygen atoms in total. The predicted molar refractivity (Wildman–Crippen MR) is 72.8 cm³/mol. The minimum atomic E-state index is -4.88. The van der Waals surface area contributed by atoms with Gasteiger partial charge in [0.25, 0.3) is 5.91 Å². The molecule has 2 aliphatic heterocycles. The minimum Gasteiger partial charge on any atom is -0.382 e. The standard InChI is InChI=1S/C11H17N3O7S/c1-12(2)10(15)8-4-7(6-20-3)13-5-9(8)14(11(13)16)21-22(17,18)19/h4,7,9H,5-6H2,1-3H3,(H,17,18,19)/t7-,9+/m0/s1. The van der Waals surface area contributed by atoms with Crippen LogP contribution in [0.15, 0.2) is 11.6 Å². The van der Waals surface area contributed by atoms with Crippen molar-refractivity contribution in [1.29, 1.82) is 0 Å². The van der Waals surface area contributed by atoms with Crippen LogP contribution >= 0.6 is 0 Å². The molecule has 0 radical (unpaired) electrons. The van der Waals surface area contributed by atoms with E-state index in [2.05, 4.69) is 4.28 Å². The summed E-state index contributed by atoms with van der Waals surface area (Å²) < 4.78 is 40.0. The van der Waals surface area contributed by atoms with Crippen LogP contribution in [0.4, 0.5) is 4.79 Å². The fraction of sp³-hybridized carbons (Fsp3) is 0.636. The molecule has 2 rings (SSSR count). The predicted octanol–water partition coefficient (Wildman–Crippen LogP) is -1.13. The zero-order valence-electron chi connectivity index (χ0n) is 12.3. The average Bonchev–Trinajstić information content (AvgIpc) is 2.66. The first kappa shape index (κ1) is 16.7. The van der Waals surface area contributed by atoms with Gasteiger partial charge in [-0.2, -0.15) is 13.5 Å². The van der Waals surface area contributed by atoms with Gasteiger partial charge in [-0.25, -0.2) is 4.79 Å². The Balaban J connectivity index is 2.39. The Hall–Kier alpha value is -1.69. The van der Waals surface area contributed by atoms with Crippen LogP contribution in [0.3, 0.4) is 0 Å². The Kier molecular flexibility index (Phi) is 4.42. The van der Waals surface area contributed by atoms with E-state index >= 15 is 0 Å². The highest BCUT2D eigenvalue weighted by Gasteiger charge is 2.50. The van der Waals surface area contributed by atoms with Crippen LogP contribution in [0, 0.1) is 0 Å². The van der Waals surface area contributed by atoms with Crippen LogP contribution in [0.1, 0.15) is 0 Å². The van der Waals surface area contributed by atoms with Gasteiger partial charge < -0.3 is 14.5 Å². The maximum atomic E-state index is 12.2. The molecule has 1 N–H and O–H groups in total. The molecule has 0 aromatic carbocycles. The lowest BCUT2D eigenvalue weighted by Gasteiger charge is -2.29. The average molecular weight is 335 g/mol. The Bertz CT molecular complexity index is 615. The Morgan fingerprint density at radius 2 is 2.14 bits per heavy atom. The molecular weight excluding hydrogens is 318 g/mol. The number of methoxy groups -OCH3 is 1. The number of carbonyl (C=O) groups is 2. The molecule has 3 amide bonds. The van der Waals surface area contributed by atoms with Gasteiger partial charge >= 0.3 is 16.4 Å². The number of hydroxylamine groups is 2. The van der Waals surface area contributed by atoms with Gasteiger partial charge in [0.1, 0.15) is 6.04 Å². The number of hydrogen-bond acceptors (Lipinski definition) is 6. The molecule has 2 heterocycles. The van der Waals surface area contributed by atoms with Crippen molar-refractivity contribution >= 4 is 22.3 Å². The van der Waals surface area contributed by atoms with E-state index in [4.69, 9.17) is 9.29 Å². The van der Waals surface area contributed by atoms with Crippen LogP contribution in [-0.2, 0) is 24.2 Å². The highest BCUT2D eigenvalue weighted by molar-refractivity contribution is 7.80. The maximum absolute atomic E-state index is 12.2. The van der Waals surface area contributed by atoms with Gasteiger partial charge in [-0.3, -0.25) is 9.35 Å². The minimum absolute atomic E-state index is 0.0633. The van der Waals surface area contributed by atoms with Crippen LogP contribution in [0.25, 0.3) is 0 Å². The van der Waals surface area contributed by atoms with Crippen molar-refractivity contribution in [3.63, 3.8) is 0 Å². The van der Waals surface area contributed by atoms with Crippen molar-refractivity contribution < 1.29 is 31.6 Å². The second-order valence-electron chi connectivity index (χ2n) is 5.12. The third-order valence-corrected chi connectivity index (χ3v) is 3.73. The first-order chi connectivity index (χ1) is 10.2. The number of hydrogen-bond donors (Lipinski definition) is 1. The lowest BCUT2D eigenvalue weighted by atomic mass is 9.99. The molecule has 11 heteroatoms. The van der Waals surface area contributed by atoms with Gasteiger partial charge in [-0.1, -0.05) is 0 Å². The van der Waals surface area contributed by atoms with Gasteiger partial charge in [0, 0.05) is 26.8 Å². The second kappa shape index (κ2) is 5.83. The topological polar surface area (TPSA) is 117 Å². The SMILES string of the molecule is COC[C@@H]1C=C(C(=O)N(C)C)[C@H]2CN1C(=O)N2OS(=O)(=O)O. The number of likely N-dealkylation sites (N-methyl/N-ethyl adjacent to an activating group) is 1. The molecule has 0 unspecified atom stereocenters. The zero-order valence-corrected chi connectivity index (χ0v) is 13.1. The van der Waals surface area contributed by atoms with Crippen LogP contribution in [-0.4, -0.2) is 86.2 Å². The first-order valence-corrected chi connectivity index (χ1v) is 7.71. The van der Waals surface area contributed by atoms with Crippen LogP contribution < -0.4 is 0 Å². The Morgan fingerprint density at radius 3 is 2.64 bits per heavy atom. The van der Waals surface area contributed by atoms with E-state index in [0.717, 1.165) is 0 Å². The molecule has 0 spiro atoms. The van der Waals surface area contributed by atoms with E-state index in [1.807, 2.05) is 0 Å². The van der Waals surface area contributed by atoms with Crippen LogP contribution in [0.2, 0.25) is 0 Å². The molecule has 22 heavy (non-hydrogen) atoms. The van der Waals surface area contributed by atoms with Gasteiger partial charge in [-0.05, 0) is 6.08 Å². The summed E-state index contributed by atoms with van der Waals surface area (Å²) in [5.74, 6) is -0.385. The van der Waals surface area contributed by atoms with Gasteiger partial charge in [0.2, 0.25) is 0 Å². The molecule has 2 atom stereocenters. The molecule has 0 aromatic heterocycles. The molecule has 124 valence electrons. The molecule has 2 aliphatic rings. The molecule has 1 saturated heterocycles. The van der Waals surface area contributed by atoms with E-state index in [1.165, 1.54) is 31.0 Å². The summed E-state index contributed by atoms with van der Waals surface area (Å²) in [5, 5.41) is 0.498. The fourth-order valence-electron chi connectivity index (χ4n) is 2.47. The van der Waals surface area contributed by atoms with E-state index in [9.17, 15) is 18.0 Å². The smallest absolute Gasteiger partial charge is 0.382 e. The van der Waals surface area contributed by atoms with Crippen molar-refractivity contribution in [3.05, 3.63) is 11.6 Å². The summed E-state index contributed by atoms with van der Waals surface area (Å²) in [7, 11) is -0.372. The lowest BCUT2D eigenvalue weighted by molar-refractivity contribution is -0.126. The molecule has 0 aliphatic carbocycles. The summed E-state index contributed by atoms with van der Waals surface area (Å²) in [6, 6.07) is -2.21. The molecular formula is C11H17N3O7S. The van der Waals surface area contributed by atoms with Crippen molar-refractivity contribution in [3.8, 4) is 0 Å². The number of amides is 3. The number of nitrogens with zero attached hydrogens (tertiary/aromatic N) is 3. The quantitative estimate of drug-likeness (QED) is 0.632. The highest BCUT2D eigenvalue weighted by atomic mass is 32.3. The molecule has 2 bridgehead atoms. The highest BCUT2D eigenvalue weighted by Crippen LogP contribution is 2.31. The fourth-order valence-corrected chi connectivity index (χ4v) is 2.85. The van der Waals surface area contributed by atoms with Gasteiger partial charge in [0.15, 0.2) is 0 Å². The molecule has 1 fully saturated rings. The van der Waals surface area contributed by atoms with E-state index in [-0.39, 0.29) is 24.6 Å². The number of carbonyl (C=O) groups excluding carboxylic acids is 2. The number of urea groups is 1. The van der Waals surface area contributed by atoms with E-state index in [1.54, 1.807) is 6.08 Å². The largest absolute Gasteiger partial charge is 0.418 e. The summed E-state index contributed by atoms with van der Waals surface area (Å²) in [6.07, 6.45) is 1.55. The lowest BCUT2D eigenvalue weighted by Crippen LogP contribution is -2.44. The van der Waals surface area contributed by atoms with Crippen molar-refractivity contribution in [1.82, 2.24) is 14.9 Å². The summed E-state index contributed by atoms with van der Waals surface area (Å²) in [4.78, 5) is 27.1. The molecule has 0 saturated carbocycles. The zero-order chi connectivity index (χ0) is 16.7. The number of ether oxygens (including phenoxy) is 1. The Labute approximate surface area is 127 Å². The third-order valence-electron chi connectivity index (χ3n) is 3.38. The van der Waals surface area contributed by atoms with Gasteiger partial charge in [0.05, 0.1) is 19.2 Å². The normalized spacial score (nSPS) is 24.5. The van der Waals surface area contributed by atoms with Crippen molar-refractivity contribution in [2.75, 3.05) is 34.4 Å². The monoisotopic (exact) mass is 335 g/mol.